The standard InChI is InChI=1S/C21H15BrO2/c1-24-19-11-7-14-12-15(22)8-9-17(14)21(19)20-16-5-3-2-4-13(16)6-10-18(20)23/h2-12,23H,1H3. The molecule has 4 rings (SSSR count). The summed E-state index contributed by atoms with van der Waals surface area (Å²) in [5.74, 6) is 0.999. The number of methoxy groups -OCH3 is 1. The van der Waals surface area contributed by atoms with Crippen LogP contribution in [0.1, 0.15) is 0 Å². The molecule has 0 amide bonds. The predicted octanol–water partition coefficient (Wildman–Crippen LogP) is 6.14. The molecule has 4 aromatic rings. The zero-order chi connectivity index (χ0) is 16.7. The summed E-state index contributed by atoms with van der Waals surface area (Å²) in [6.45, 7) is 0. The Morgan fingerprint density at radius 1 is 0.792 bits per heavy atom. The molecule has 0 unspecified atom stereocenters. The number of phenols is 1. The van der Waals surface area contributed by atoms with Gasteiger partial charge in [0.15, 0.2) is 0 Å². The maximum atomic E-state index is 10.6. The zero-order valence-electron chi connectivity index (χ0n) is 13.1. The number of fused-ring (bicyclic) bond motifs is 2. The number of aromatic hydroxyl groups is 1. The van der Waals surface area contributed by atoms with Crippen LogP contribution in [0.5, 0.6) is 11.5 Å². The van der Waals surface area contributed by atoms with Gasteiger partial charge in [0.1, 0.15) is 11.5 Å². The molecule has 2 nitrogen and oxygen atoms in total. The molecule has 0 saturated heterocycles. The van der Waals surface area contributed by atoms with Crippen LogP contribution in [0, 0.1) is 0 Å². The van der Waals surface area contributed by atoms with E-state index < -0.39 is 0 Å². The Hall–Kier alpha value is -2.52. The average molecular weight is 379 g/mol. The van der Waals surface area contributed by atoms with Crippen LogP contribution in [0.25, 0.3) is 32.7 Å². The van der Waals surface area contributed by atoms with Crippen LogP contribution in [0.4, 0.5) is 0 Å². The van der Waals surface area contributed by atoms with Gasteiger partial charge in [-0.25, -0.2) is 0 Å². The van der Waals surface area contributed by atoms with Crippen LogP contribution >= 0.6 is 15.9 Å². The van der Waals surface area contributed by atoms with Crippen molar-refractivity contribution in [1.82, 2.24) is 0 Å². The number of phenolic OH excluding ortho intramolecular Hbond substituents is 1. The van der Waals surface area contributed by atoms with Crippen molar-refractivity contribution in [3.8, 4) is 22.6 Å². The molecule has 0 aliphatic rings. The van der Waals surface area contributed by atoms with Crippen molar-refractivity contribution in [3.05, 3.63) is 71.2 Å². The van der Waals surface area contributed by atoms with Gasteiger partial charge in [-0.1, -0.05) is 58.4 Å². The Morgan fingerprint density at radius 3 is 2.38 bits per heavy atom. The minimum Gasteiger partial charge on any atom is -0.507 e. The van der Waals surface area contributed by atoms with E-state index in [1.165, 1.54) is 0 Å². The molecule has 0 atom stereocenters. The summed E-state index contributed by atoms with van der Waals surface area (Å²) in [6.07, 6.45) is 0. The van der Waals surface area contributed by atoms with E-state index in [0.717, 1.165) is 42.9 Å². The van der Waals surface area contributed by atoms with Gasteiger partial charge in [-0.2, -0.15) is 0 Å². The Balaban J connectivity index is 2.19. The first-order valence-corrected chi connectivity index (χ1v) is 8.45. The Bertz CT molecular complexity index is 1070. The summed E-state index contributed by atoms with van der Waals surface area (Å²) in [7, 11) is 1.66. The van der Waals surface area contributed by atoms with Gasteiger partial charge < -0.3 is 9.84 Å². The van der Waals surface area contributed by atoms with Crippen molar-refractivity contribution < 1.29 is 9.84 Å². The highest BCUT2D eigenvalue weighted by Crippen LogP contribution is 2.45. The van der Waals surface area contributed by atoms with Crippen molar-refractivity contribution >= 4 is 37.5 Å². The van der Waals surface area contributed by atoms with E-state index in [0.29, 0.717) is 0 Å². The fourth-order valence-corrected chi connectivity index (χ4v) is 3.61. The molecule has 0 aromatic heterocycles. The lowest BCUT2D eigenvalue weighted by atomic mass is 9.92. The first kappa shape index (κ1) is 15.0. The second-order valence-corrected chi connectivity index (χ2v) is 6.60. The highest BCUT2D eigenvalue weighted by atomic mass is 79.9. The lowest BCUT2D eigenvalue weighted by Gasteiger charge is -2.16. The van der Waals surface area contributed by atoms with E-state index in [4.69, 9.17) is 4.74 Å². The third kappa shape index (κ3) is 2.33. The van der Waals surface area contributed by atoms with Gasteiger partial charge in [-0.05, 0) is 45.8 Å². The lowest BCUT2D eigenvalue weighted by Crippen LogP contribution is -1.91. The van der Waals surface area contributed by atoms with Gasteiger partial charge in [0, 0.05) is 15.6 Å². The summed E-state index contributed by atoms with van der Waals surface area (Å²) in [4.78, 5) is 0. The van der Waals surface area contributed by atoms with Crippen LogP contribution in [-0.4, -0.2) is 12.2 Å². The van der Waals surface area contributed by atoms with Crippen LogP contribution in [-0.2, 0) is 0 Å². The van der Waals surface area contributed by atoms with Crippen LogP contribution in [0.15, 0.2) is 71.2 Å². The monoisotopic (exact) mass is 378 g/mol. The molecule has 1 N–H and O–H groups in total. The topological polar surface area (TPSA) is 29.5 Å². The number of hydrogen-bond donors (Lipinski definition) is 1. The molecule has 118 valence electrons. The van der Waals surface area contributed by atoms with Crippen LogP contribution in [0.3, 0.4) is 0 Å². The molecular formula is C21H15BrO2. The number of rotatable bonds is 2. The minimum absolute atomic E-state index is 0.252. The van der Waals surface area contributed by atoms with E-state index in [9.17, 15) is 5.11 Å². The SMILES string of the molecule is COc1ccc2cc(Br)ccc2c1-c1c(O)ccc2ccccc12. The molecule has 24 heavy (non-hydrogen) atoms. The quantitative estimate of drug-likeness (QED) is 0.454. The molecule has 0 bridgehead atoms. The normalized spacial score (nSPS) is 11.1. The van der Waals surface area contributed by atoms with Gasteiger partial charge in [0.2, 0.25) is 0 Å². The average Bonchev–Trinajstić information content (AvgIpc) is 2.61. The molecule has 0 heterocycles. The van der Waals surface area contributed by atoms with E-state index in [1.54, 1.807) is 13.2 Å². The fourth-order valence-electron chi connectivity index (χ4n) is 3.23. The first-order valence-electron chi connectivity index (χ1n) is 7.66. The third-order valence-electron chi connectivity index (χ3n) is 4.32. The molecule has 0 aliphatic carbocycles. The second-order valence-electron chi connectivity index (χ2n) is 5.69. The van der Waals surface area contributed by atoms with Crippen molar-refractivity contribution in [2.75, 3.05) is 7.11 Å². The number of ether oxygens (including phenoxy) is 1. The molecule has 0 fully saturated rings. The van der Waals surface area contributed by atoms with Gasteiger partial charge >= 0.3 is 0 Å². The maximum Gasteiger partial charge on any atom is 0.127 e. The molecule has 0 saturated carbocycles. The van der Waals surface area contributed by atoms with Gasteiger partial charge in [-0.15, -0.1) is 0 Å². The number of hydrogen-bond acceptors (Lipinski definition) is 2. The molecule has 4 aromatic carbocycles. The van der Waals surface area contributed by atoms with Gasteiger partial charge in [0.05, 0.1) is 7.11 Å². The molecule has 0 radical (unpaired) electrons. The number of halogens is 1. The minimum atomic E-state index is 0.252. The van der Waals surface area contributed by atoms with E-state index in [2.05, 4.69) is 28.1 Å². The summed E-state index contributed by atoms with van der Waals surface area (Å²) in [6, 6.07) is 21.9. The van der Waals surface area contributed by atoms with Gasteiger partial charge in [0.25, 0.3) is 0 Å². The van der Waals surface area contributed by atoms with E-state index in [-0.39, 0.29) is 5.75 Å². The van der Waals surface area contributed by atoms with Crippen molar-refractivity contribution in [1.29, 1.82) is 0 Å². The van der Waals surface area contributed by atoms with Gasteiger partial charge in [-0.3, -0.25) is 0 Å². The highest BCUT2D eigenvalue weighted by molar-refractivity contribution is 9.10. The summed E-state index contributed by atoms with van der Waals surface area (Å²) < 4.78 is 6.64. The Morgan fingerprint density at radius 2 is 1.54 bits per heavy atom. The highest BCUT2D eigenvalue weighted by Gasteiger charge is 2.17. The summed E-state index contributed by atoms with van der Waals surface area (Å²) >= 11 is 3.52. The predicted molar refractivity (Wildman–Crippen MR) is 103 cm³/mol. The molecule has 3 heteroatoms. The first-order chi connectivity index (χ1) is 11.7. The van der Waals surface area contributed by atoms with Crippen LogP contribution < -0.4 is 4.74 Å². The van der Waals surface area contributed by atoms with Crippen molar-refractivity contribution in [3.63, 3.8) is 0 Å². The Labute approximate surface area is 148 Å². The number of benzene rings is 4. The smallest absolute Gasteiger partial charge is 0.127 e. The molecule has 0 spiro atoms. The van der Waals surface area contributed by atoms with Crippen molar-refractivity contribution in [2.45, 2.75) is 0 Å². The zero-order valence-corrected chi connectivity index (χ0v) is 14.7. The summed E-state index contributed by atoms with van der Waals surface area (Å²) in [5.41, 5.74) is 1.72. The largest absolute Gasteiger partial charge is 0.507 e. The van der Waals surface area contributed by atoms with E-state index in [1.807, 2.05) is 48.5 Å². The fraction of sp³-hybridized carbons (Fsp3) is 0.0476. The third-order valence-corrected chi connectivity index (χ3v) is 4.81. The van der Waals surface area contributed by atoms with Crippen LogP contribution in [0.2, 0.25) is 0 Å². The second kappa shape index (κ2) is 5.84. The van der Waals surface area contributed by atoms with E-state index >= 15 is 0 Å². The van der Waals surface area contributed by atoms with Crippen molar-refractivity contribution in [2.24, 2.45) is 0 Å². The summed E-state index contributed by atoms with van der Waals surface area (Å²) in [5, 5.41) is 14.9. The lowest BCUT2D eigenvalue weighted by molar-refractivity contribution is 0.416. The Kier molecular flexibility index (Phi) is 3.66. The molecular weight excluding hydrogens is 364 g/mol. The maximum absolute atomic E-state index is 10.6. The molecule has 0 aliphatic heterocycles.